The molecule has 8 heteroatoms. The molecule has 0 aliphatic carbocycles. The van der Waals surface area contributed by atoms with Gasteiger partial charge in [0.2, 0.25) is 0 Å². The van der Waals surface area contributed by atoms with Crippen molar-refractivity contribution in [2.45, 2.75) is 25.7 Å². The molecule has 0 atom stereocenters. The predicted octanol–water partition coefficient (Wildman–Crippen LogP) is 2.39. The number of hydrogen-bond donors (Lipinski definition) is 1. The van der Waals surface area contributed by atoms with E-state index >= 15 is 0 Å². The van der Waals surface area contributed by atoms with Gasteiger partial charge in [-0.2, -0.15) is 0 Å². The van der Waals surface area contributed by atoms with Gasteiger partial charge in [-0.05, 0) is 66.6 Å². The smallest absolute Gasteiger partial charge is 0.261 e. The van der Waals surface area contributed by atoms with Crippen LogP contribution in [0.3, 0.4) is 0 Å². The molecule has 0 fully saturated rings. The van der Waals surface area contributed by atoms with E-state index in [9.17, 15) is 8.42 Å². The van der Waals surface area contributed by atoms with E-state index in [4.69, 9.17) is 0 Å². The van der Waals surface area contributed by atoms with Crippen molar-refractivity contribution in [3.8, 4) is 5.69 Å². The molecule has 7 nitrogen and oxygen atoms in total. The molecule has 3 rings (SSSR count). The molecule has 0 saturated heterocycles. The molecule has 0 amide bonds. The molecule has 1 heterocycles. The first kappa shape index (κ1) is 16.1. The van der Waals surface area contributed by atoms with Gasteiger partial charge in [-0.1, -0.05) is 17.7 Å². The summed E-state index contributed by atoms with van der Waals surface area (Å²) in [6, 6.07) is 10.3. The van der Waals surface area contributed by atoms with E-state index in [-0.39, 0.29) is 4.90 Å². The van der Waals surface area contributed by atoms with Gasteiger partial charge in [0.15, 0.2) is 0 Å². The van der Waals surface area contributed by atoms with Gasteiger partial charge in [-0.3, -0.25) is 4.72 Å². The molecule has 3 aromatic rings. The van der Waals surface area contributed by atoms with Crippen molar-refractivity contribution in [3.05, 3.63) is 59.4 Å². The van der Waals surface area contributed by atoms with E-state index in [0.29, 0.717) is 11.4 Å². The van der Waals surface area contributed by atoms with Crippen LogP contribution >= 0.6 is 0 Å². The molecule has 0 aliphatic rings. The second-order valence-electron chi connectivity index (χ2n) is 5.61. The first-order valence-electron chi connectivity index (χ1n) is 7.31. The van der Waals surface area contributed by atoms with Gasteiger partial charge in [0, 0.05) is 0 Å². The van der Waals surface area contributed by atoms with Crippen molar-refractivity contribution < 1.29 is 8.42 Å². The highest BCUT2D eigenvalue weighted by Crippen LogP contribution is 2.25. The molecule has 1 aromatic heterocycles. The summed E-state index contributed by atoms with van der Waals surface area (Å²) < 4.78 is 29.4. The van der Waals surface area contributed by atoms with Crippen molar-refractivity contribution in [2.24, 2.45) is 0 Å². The first-order valence-corrected chi connectivity index (χ1v) is 8.79. The third kappa shape index (κ3) is 3.13. The summed E-state index contributed by atoms with van der Waals surface area (Å²) in [6.07, 6.45) is 1.46. The third-order valence-electron chi connectivity index (χ3n) is 3.84. The second kappa shape index (κ2) is 6.04. The van der Waals surface area contributed by atoms with Crippen LogP contribution in [0.15, 0.2) is 47.6 Å². The Morgan fingerprint density at radius 2 is 1.75 bits per heavy atom. The molecule has 0 aliphatic heterocycles. The van der Waals surface area contributed by atoms with Gasteiger partial charge < -0.3 is 0 Å². The van der Waals surface area contributed by atoms with Crippen molar-refractivity contribution >= 4 is 15.7 Å². The first-order chi connectivity index (χ1) is 11.4. The van der Waals surface area contributed by atoms with Crippen LogP contribution in [0.1, 0.15) is 16.7 Å². The number of aryl methyl sites for hydroxylation is 2. The molecule has 0 saturated carbocycles. The summed E-state index contributed by atoms with van der Waals surface area (Å²) in [4.78, 5) is 0.220. The fourth-order valence-electron chi connectivity index (χ4n) is 2.28. The molecule has 0 spiro atoms. The number of sulfonamides is 1. The van der Waals surface area contributed by atoms with Crippen LogP contribution in [-0.4, -0.2) is 28.6 Å². The van der Waals surface area contributed by atoms with E-state index in [1.54, 1.807) is 30.3 Å². The largest absolute Gasteiger partial charge is 0.279 e. The lowest BCUT2D eigenvalue weighted by Crippen LogP contribution is -2.14. The lowest BCUT2D eigenvalue weighted by Gasteiger charge is -2.14. The van der Waals surface area contributed by atoms with Crippen molar-refractivity contribution in [1.29, 1.82) is 0 Å². The topological polar surface area (TPSA) is 89.8 Å². The van der Waals surface area contributed by atoms with E-state index in [1.165, 1.54) is 11.0 Å². The maximum absolute atomic E-state index is 12.6. The maximum atomic E-state index is 12.6. The van der Waals surface area contributed by atoms with Crippen LogP contribution in [0.5, 0.6) is 0 Å². The molecule has 1 N–H and O–H groups in total. The lowest BCUT2D eigenvalue weighted by molar-refractivity contribution is 0.601. The predicted molar refractivity (Wildman–Crippen MR) is 90.6 cm³/mol. The Hall–Kier alpha value is -2.74. The SMILES string of the molecule is Cc1ccc(S(=O)(=O)Nc2cc(-n3cnnn3)cc(C)c2C)cc1. The summed E-state index contributed by atoms with van der Waals surface area (Å²) in [7, 11) is -3.67. The summed E-state index contributed by atoms with van der Waals surface area (Å²) in [6.45, 7) is 5.69. The highest BCUT2D eigenvalue weighted by molar-refractivity contribution is 7.92. The monoisotopic (exact) mass is 343 g/mol. The van der Waals surface area contributed by atoms with E-state index in [1.807, 2.05) is 26.8 Å². The average Bonchev–Trinajstić information content (AvgIpc) is 3.06. The van der Waals surface area contributed by atoms with Gasteiger partial charge >= 0.3 is 0 Å². The van der Waals surface area contributed by atoms with Crippen LogP contribution in [0, 0.1) is 20.8 Å². The third-order valence-corrected chi connectivity index (χ3v) is 5.22. The summed E-state index contributed by atoms with van der Waals surface area (Å²) in [5, 5.41) is 11.0. The second-order valence-corrected chi connectivity index (χ2v) is 7.29. The Morgan fingerprint density at radius 1 is 1.04 bits per heavy atom. The van der Waals surface area contributed by atoms with E-state index < -0.39 is 10.0 Å². The van der Waals surface area contributed by atoms with Crippen LogP contribution in [-0.2, 0) is 10.0 Å². The Labute approximate surface area is 140 Å². The number of nitrogens with zero attached hydrogens (tertiary/aromatic N) is 4. The van der Waals surface area contributed by atoms with Crippen molar-refractivity contribution in [1.82, 2.24) is 20.2 Å². The molecule has 124 valence electrons. The molecule has 0 radical (unpaired) electrons. The van der Waals surface area contributed by atoms with Crippen LogP contribution < -0.4 is 4.72 Å². The number of nitrogens with one attached hydrogen (secondary N) is 1. The summed E-state index contributed by atoms with van der Waals surface area (Å²) in [5.41, 5.74) is 3.97. The summed E-state index contributed by atoms with van der Waals surface area (Å²) >= 11 is 0. The molecular weight excluding hydrogens is 326 g/mol. The number of benzene rings is 2. The zero-order chi connectivity index (χ0) is 17.3. The number of aromatic nitrogens is 4. The number of tetrazole rings is 1. The quantitative estimate of drug-likeness (QED) is 0.785. The van der Waals surface area contributed by atoms with Gasteiger partial charge in [0.05, 0.1) is 16.3 Å². The highest BCUT2D eigenvalue weighted by Gasteiger charge is 2.16. The van der Waals surface area contributed by atoms with E-state index in [2.05, 4.69) is 20.2 Å². The normalized spacial score (nSPS) is 11.5. The Balaban J connectivity index is 2.01. The van der Waals surface area contributed by atoms with Crippen LogP contribution in [0.25, 0.3) is 5.69 Å². The Kier molecular flexibility index (Phi) is 4.06. The average molecular weight is 343 g/mol. The zero-order valence-corrected chi connectivity index (χ0v) is 14.4. The number of rotatable bonds is 4. The van der Waals surface area contributed by atoms with Gasteiger partial charge in [-0.25, -0.2) is 13.1 Å². The van der Waals surface area contributed by atoms with Crippen molar-refractivity contribution in [2.75, 3.05) is 4.72 Å². The zero-order valence-electron chi connectivity index (χ0n) is 13.6. The van der Waals surface area contributed by atoms with Gasteiger partial charge in [0.1, 0.15) is 6.33 Å². The van der Waals surface area contributed by atoms with Gasteiger partial charge in [-0.15, -0.1) is 5.10 Å². The number of hydrogen-bond acceptors (Lipinski definition) is 5. The minimum atomic E-state index is -3.67. The van der Waals surface area contributed by atoms with E-state index in [0.717, 1.165) is 16.7 Å². The molecule has 0 bridgehead atoms. The minimum absolute atomic E-state index is 0.220. The van der Waals surface area contributed by atoms with Crippen LogP contribution in [0.2, 0.25) is 0 Å². The highest BCUT2D eigenvalue weighted by atomic mass is 32.2. The standard InChI is InChI=1S/C16H17N5O2S/c1-11-4-6-15(7-5-11)24(22,23)18-16-9-14(8-12(2)13(16)3)21-10-17-19-20-21/h4-10,18H,1-3H3. The van der Waals surface area contributed by atoms with Gasteiger partial charge in [0.25, 0.3) is 10.0 Å². The minimum Gasteiger partial charge on any atom is -0.279 e. The maximum Gasteiger partial charge on any atom is 0.261 e. The molecule has 0 unspecified atom stereocenters. The fourth-order valence-corrected chi connectivity index (χ4v) is 3.39. The Bertz CT molecular complexity index is 964. The number of anilines is 1. The molecule has 24 heavy (non-hydrogen) atoms. The fraction of sp³-hybridized carbons (Fsp3) is 0.188. The molecule has 2 aromatic carbocycles. The van der Waals surface area contributed by atoms with Crippen molar-refractivity contribution in [3.63, 3.8) is 0 Å². The molecular formula is C16H17N5O2S. The lowest BCUT2D eigenvalue weighted by atomic mass is 10.1. The summed E-state index contributed by atoms with van der Waals surface area (Å²) in [5.74, 6) is 0. The Morgan fingerprint density at radius 3 is 2.38 bits per heavy atom. The van der Waals surface area contributed by atoms with Crippen LogP contribution in [0.4, 0.5) is 5.69 Å².